The van der Waals surface area contributed by atoms with Crippen molar-refractivity contribution in [3.63, 3.8) is 0 Å². The molecule has 1 aliphatic carbocycles. The molecule has 0 spiro atoms. The molecule has 1 fully saturated rings. The molecule has 0 amide bonds. The minimum atomic E-state index is -4.59. The van der Waals surface area contributed by atoms with Crippen LogP contribution in [0.2, 0.25) is 0 Å². The second kappa shape index (κ2) is 9.56. The van der Waals surface area contributed by atoms with E-state index in [0.717, 1.165) is 22.9 Å². The lowest BCUT2D eigenvalue weighted by atomic mass is 10.1. The molecule has 5 rings (SSSR count). The predicted octanol–water partition coefficient (Wildman–Crippen LogP) is 5.72. The quantitative estimate of drug-likeness (QED) is 0.506. The van der Waals surface area contributed by atoms with Gasteiger partial charge in [0, 0.05) is 17.3 Å². The Morgan fingerprint density at radius 1 is 1.09 bits per heavy atom. The Kier molecular flexibility index (Phi) is 6.32. The lowest BCUT2D eigenvalue weighted by molar-refractivity contribution is -0.201. The first kappa shape index (κ1) is 23.1. The minimum Gasteiger partial charge on any atom is -0.382 e. The molecule has 2 aliphatic rings. The number of aromatic nitrogens is 2. The van der Waals surface area contributed by atoms with Gasteiger partial charge in [-0.25, -0.2) is 4.98 Å². The highest BCUT2D eigenvalue weighted by Gasteiger charge is 2.34. The van der Waals surface area contributed by atoms with Gasteiger partial charge in [-0.3, -0.25) is 0 Å². The number of alkyl halides is 3. The molecule has 180 valence electrons. The van der Waals surface area contributed by atoms with Crippen LogP contribution in [0.5, 0.6) is 0 Å². The van der Waals surface area contributed by atoms with Gasteiger partial charge in [-0.1, -0.05) is 36.4 Å². The standard InChI is InChI=1S/C26H23F3N4O2/c27-26(28,29)23-11-21(9-7-19(23)12-30)32-20-8-6-18(10-20)24-13-31-16-33(24)22-14-34-25(35-15-22)17-4-2-1-3-5-17/h1-7,9,11,13,16,20,22,25,32H,8,10,14-15H2. The van der Waals surface area contributed by atoms with E-state index in [0.29, 0.717) is 31.7 Å². The normalized spacial score (nSPS) is 22.5. The van der Waals surface area contributed by atoms with Crippen LogP contribution in [0.3, 0.4) is 0 Å². The summed E-state index contributed by atoms with van der Waals surface area (Å²) in [5, 5.41) is 12.2. The third-order valence-electron chi connectivity index (χ3n) is 6.27. The van der Waals surface area contributed by atoms with Crippen LogP contribution in [-0.4, -0.2) is 28.8 Å². The van der Waals surface area contributed by atoms with Crippen molar-refractivity contribution in [2.24, 2.45) is 0 Å². The SMILES string of the molecule is N#Cc1ccc(NC2CC=C(c3cncn3C3COC(c4ccccc4)OC3)C2)cc1C(F)(F)F. The Labute approximate surface area is 200 Å². The number of ether oxygens (including phenoxy) is 2. The largest absolute Gasteiger partial charge is 0.417 e. The number of anilines is 1. The number of hydrogen-bond acceptors (Lipinski definition) is 5. The van der Waals surface area contributed by atoms with Crippen molar-refractivity contribution >= 4 is 11.3 Å². The van der Waals surface area contributed by atoms with E-state index in [2.05, 4.69) is 16.4 Å². The number of imidazole rings is 1. The molecular formula is C26H23F3N4O2. The van der Waals surface area contributed by atoms with Gasteiger partial charge in [0.2, 0.25) is 0 Å². The summed E-state index contributed by atoms with van der Waals surface area (Å²) >= 11 is 0. The van der Waals surface area contributed by atoms with Gasteiger partial charge >= 0.3 is 6.18 Å². The molecule has 2 heterocycles. The summed E-state index contributed by atoms with van der Waals surface area (Å²) in [4.78, 5) is 4.32. The number of halogens is 3. The molecular weight excluding hydrogens is 457 g/mol. The first-order valence-electron chi connectivity index (χ1n) is 11.3. The van der Waals surface area contributed by atoms with E-state index < -0.39 is 18.0 Å². The van der Waals surface area contributed by atoms with Crippen LogP contribution in [-0.2, 0) is 15.7 Å². The fraction of sp³-hybridized carbons (Fsp3) is 0.308. The third-order valence-corrected chi connectivity index (χ3v) is 6.27. The summed E-state index contributed by atoms with van der Waals surface area (Å²) in [5.41, 5.74) is 2.01. The fourth-order valence-corrected chi connectivity index (χ4v) is 4.54. The van der Waals surface area contributed by atoms with Gasteiger partial charge in [-0.05, 0) is 36.6 Å². The van der Waals surface area contributed by atoms with Crippen LogP contribution in [0, 0.1) is 11.3 Å². The van der Waals surface area contributed by atoms with E-state index in [1.807, 2.05) is 34.9 Å². The molecule has 9 heteroatoms. The summed E-state index contributed by atoms with van der Waals surface area (Å²) in [6.07, 6.45) is 1.94. The van der Waals surface area contributed by atoms with Crippen molar-refractivity contribution in [2.75, 3.05) is 18.5 Å². The Morgan fingerprint density at radius 2 is 1.86 bits per heavy atom. The van der Waals surface area contributed by atoms with Gasteiger partial charge < -0.3 is 19.4 Å². The maximum atomic E-state index is 13.3. The average molecular weight is 480 g/mol. The summed E-state index contributed by atoms with van der Waals surface area (Å²) < 4.78 is 53.9. The van der Waals surface area contributed by atoms with E-state index in [1.54, 1.807) is 18.6 Å². The van der Waals surface area contributed by atoms with Gasteiger partial charge in [0.1, 0.15) is 0 Å². The Morgan fingerprint density at radius 3 is 2.57 bits per heavy atom. The third kappa shape index (κ3) is 4.94. The zero-order valence-electron chi connectivity index (χ0n) is 18.7. The molecule has 0 bridgehead atoms. The van der Waals surface area contributed by atoms with Crippen LogP contribution in [0.1, 0.15) is 47.6 Å². The van der Waals surface area contributed by atoms with Crippen LogP contribution in [0.15, 0.2) is 67.1 Å². The summed E-state index contributed by atoms with van der Waals surface area (Å²) in [7, 11) is 0. The van der Waals surface area contributed by atoms with Gasteiger partial charge in [0.05, 0.1) is 54.7 Å². The monoisotopic (exact) mass is 480 g/mol. The van der Waals surface area contributed by atoms with Crippen molar-refractivity contribution in [3.8, 4) is 6.07 Å². The predicted molar refractivity (Wildman–Crippen MR) is 123 cm³/mol. The van der Waals surface area contributed by atoms with Crippen LogP contribution in [0.4, 0.5) is 18.9 Å². The Bertz CT molecular complexity index is 1260. The second-order valence-electron chi connectivity index (χ2n) is 8.63. The molecule has 1 aliphatic heterocycles. The smallest absolute Gasteiger partial charge is 0.382 e. The highest BCUT2D eigenvalue weighted by Crippen LogP contribution is 2.36. The second-order valence-corrected chi connectivity index (χ2v) is 8.63. The Hall–Kier alpha value is -3.61. The molecule has 1 atom stereocenters. The van der Waals surface area contributed by atoms with Crippen molar-refractivity contribution in [1.82, 2.24) is 9.55 Å². The van der Waals surface area contributed by atoms with E-state index in [4.69, 9.17) is 14.7 Å². The number of benzene rings is 2. The van der Waals surface area contributed by atoms with Gasteiger partial charge in [0.15, 0.2) is 6.29 Å². The van der Waals surface area contributed by atoms with Crippen molar-refractivity contribution in [2.45, 2.75) is 37.4 Å². The lowest BCUT2D eigenvalue weighted by Gasteiger charge is -2.31. The molecule has 1 N–H and O–H groups in total. The lowest BCUT2D eigenvalue weighted by Crippen LogP contribution is -2.30. The highest BCUT2D eigenvalue weighted by atomic mass is 19.4. The van der Waals surface area contributed by atoms with Crippen molar-refractivity contribution < 1.29 is 22.6 Å². The first-order chi connectivity index (χ1) is 16.9. The van der Waals surface area contributed by atoms with Crippen molar-refractivity contribution in [3.05, 3.63) is 89.5 Å². The highest BCUT2D eigenvalue weighted by molar-refractivity contribution is 5.67. The molecule has 1 unspecified atom stereocenters. The van der Waals surface area contributed by atoms with E-state index >= 15 is 0 Å². The summed E-state index contributed by atoms with van der Waals surface area (Å²) in [6, 6.07) is 15.0. The van der Waals surface area contributed by atoms with Crippen molar-refractivity contribution in [1.29, 1.82) is 5.26 Å². The maximum Gasteiger partial charge on any atom is 0.417 e. The Balaban J connectivity index is 1.23. The van der Waals surface area contributed by atoms with Crippen LogP contribution in [0.25, 0.3) is 5.57 Å². The fourth-order valence-electron chi connectivity index (χ4n) is 4.54. The van der Waals surface area contributed by atoms with E-state index in [9.17, 15) is 13.2 Å². The van der Waals surface area contributed by atoms with E-state index in [1.165, 1.54) is 12.1 Å². The molecule has 6 nitrogen and oxygen atoms in total. The summed E-state index contributed by atoms with van der Waals surface area (Å²) in [6.45, 7) is 0.951. The maximum absolute atomic E-state index is 13.3. The molecule has 35 heavy (non-hydrogen) atoms. The van der Waals surface area contributed by atoms with Gasteiger partial charge in [0.25, 0.3) is 0 Å². The first-order valence-corrected chi connectivity index (χ1v) is 11.3. The number of hydrogen-bond donors (Lipinski definition) is 1. The molecule has 1 aromatic heterocycles. The van der Waals surface area contributed by atoms with Crippen LogP contribution < -0.4 is 5.32 Å². The molecule has 2 aromatic carbocycles. The molecule has 0 saturated carbocycles. The zero-order valence-corrected chi connectivity index (χ0v) is 18.7. The number of nitrogens with zero attached hydrogens (tertiary/aromatic N) is 3. The molecule has 3 aromatic rings. The van der Waals surface area contributed by atoms with E-state index in [-0.39, 0.29) is 17.6 Å². The molecule has 0 radical (unpaired) electrons. The van der Waals surface area contributed by atoms with Gasteiger partial charge in [-0.15, -0.1) is 0 Å². The topological polar surface area (TPSA) is 72.1 Å². The average Bonchev–Trinajstić information content (AvgIpc) is 3.54. The zero-order chi connectivity index (χ0) is 24.4. The molecule has 1 saturated heterocycles. The van der Waals surface area contributed by atoms with Crippen LogP contribution >= 0.6 is 0 Å². The van der Waals surface area contributed by atoms with Gasteiger partial charge in [-0.2, -0.15) is 18.4 Å². The summed E-state index contributed by atoms with van der Waals surface area (Å²) in [5.74, 6) is 0. The number of nitrogens with one attached hydrogen (secondary N) is 1. The number of rotatable bonds is 5. The number of nitriles is 1. The minimum absolute atomic E-state index is 0.0340.